The lowest BCUT2D eigenvalue weighted by atomic mass is 10.1. The molecule has 2 aromatic carbocycles. The molecule has 1 heterocycles. The van der Waals surface area contributed by atoms with Crippen LogP contribution in [0.4, 0.5) is 4.39 Å². The van der Waals surface area contributed by atoms with Crippen LogP contribution < -0.4 is 5.73 Å². The molecule has 0 radical (unpaired) electrons. The highest BCUT2D eigenvalue weighted by Crippen LogP contribution is 2.20. The predicted molar refractivity (Wildman–Crippen MR) is 72.4 cm³/mol. The van der Waals surface area contributed by atoms with Gasteiger partial charge in [-0.05, 0) is 40.3 Å². The molecule has 6 heteroatoms. The fourth-order valence-corrected chi connectivity index (χ4v) is 1.91. The van der Waals surface area contributed by atoms with Gasteiger partial charge in [0.2, 0.25) is 0 Å². The van der Waals surface area contributed by atoms with E-state index in [0.717, 1.165) is 11.1 Å². The summed E-state index contributed by atoms with van der Waals surface area (Å²) >= 11 is 0. The van der Waals surface area contributed by atoms with Crippen LogP contribution in [0, 0.1) is 5.82 Å². The lowest BCUT2D eigenvalue weighted by Crippen LogP contribution is -2.00. The molecular weight excluding hydrogens is 257 g/mol. The summed E-state index contributed by atoms with van der Waals surface area (Å²) < 4.78 is 14.5. The van der Waals surface area contributed by atoms with Crippen molar-refractivity contribution in [3.63, 3.8) is 0 Å². The minimum absolute atomic E-state index is 0.296. The number of hydrogen-bond acceptors (Lipinski definition) is 4. The standard InChI is InChI=1S/C14H12FN5/c15-12-5-7-13(8-6-12)20-14(17-18-19-20)11-3-1-10(9-16)2-4-11/h1-8H,9,16H2. The molecule has 0 amide bonds. The molecule has 20 heavy (non-hydrogen) atoms. The van der Waals surface area contributed by atoms with Crippen LogP contribution in [0.15, 0.2) is 48.5 Å². The maximum Gasteiger partial charge on any atom is 0.187 e. The van der Waals surface area contributed by atoms with Crippen LogP contribution in [0.25, 0.3) is 17.1 Å². The van der Waals surface area contributed by atoms with Crippen LogP contribution in [0.3, 0.4) is 0 Å². The van der Waals surface area contributed by atoms with Gasteiger partial charge in [-0.3, -0.25) is 0 Å². The first-order valence-corrected chi connectivity index (χ1v) is 6.11. The molecule has 5 nitrogen and oxygen atoms in total. The maximum absolute atomic E-state index is 13.0. The lowest BCUT2D eigenvalue weighted by molar-refractivity contribution is 0.627. The fraction of sp³-hybridized carbons (Fsp3) is 0.0714. The highest BCUT2D eigenvalue weighted by Gasteiger charge is 2.10. The number of aromatic nitrogens is 4. The van der Waals surface area contributed by atoms with Crippen molar-refractivity contribution in [3.05, 3.63) is 59.9 Å². The molecule has 0 aliphatic heterocycles. The van der Waals surface area contributed by atoms with E-state index in [2.05, 4.69) is 15.5 Å². The second kappa shape index (κ2) is 5.18. The Morgan fingerprint density at radius 1 is 1.00 bits per heavy atom. The number of hydrogen-bond donors (Lipinski definition) is 1. The van der Waals surface area contributed by atoms with Crippen molar-refractivity contribution in [1.29, 1.82) is 0 Å². The zero-order chi connectivity index (χ0) is 13.9. The summed E-state index contributed by atoms with van der Waals surface area (Å²) in [7, 11) is 0. The first-order chi connectivity index (χ1) is 9.78. The summed E-state index contributed by atoms with van der Waals surface area (Å²) in [6.45, 7) is 0.489. The molecule has 0 unspecified atom stereocenters. The molecule has 0 bridgehead atoms. The van der Waals surface area contributed by atoms with Gasteiger partial charge in [0.25, 0.3) is 0 Å². The topological polar surface area (TPSA) is 69.6 Å². The van der Waals surface area contributed by atoms with Gasteiger partial charge in [-0.1, -0.05) is 24.3 Å². The van der Waals surface area contributed by atoms with Crippen molar-refractivity contribution in [2.24, 2.45) is 5.73 Å². The van der Waals surface area contributed by atoms with E-state index in [4.69, 9.17) is 5.73 Å². The minimum Gasteiger partial charge on any atom is -0.326 e. The van der Waals surface area contributed by atoms with Crippen LogP contribution in [0.5, 0.6) is 0 Å². The molecule has 0 saturated carbocycles. The van der Waals surface area contributed by atoms with Gasteiger partial charge in [-0.2, -0.15) is 4.68 Å². The molecular formula is C14H12FN5. The summed E-state index contributed by atoms with van der Waals surface area (Å²) in [6.07, 6.45) is 0. The Labute approximate surface area is 114 Å². The zero-order valence-corrected chi connectivity index (χ0v) is 10.6. The molecule has 1 aromatic heterocycles. The van der Waals surface area contributed by atoms with E-state index >= 15 is 0 Å². The van der Waals surface area contributed by atoms with Crippen LogP contribution in [0.1, 0.15) is 5.56 Å². The first kappa shape index (κ1) is 12.4. The van der Waals surface area contributed by atoms with Crippen LogP contribution in [0.2, 0.25) is 0 Å². The van der Waals surface area contributed by atoms with Gasteiger partial charge in [0.05, 0.1) is 5.69 Å². The molecule has 3 rings (SSSR count). The molecule has 2 N–H and O–H groups in total. The third-order valence-corrected chi connectivity index (χ3v) is 2.99. The Hall–Kier alpha value is -2.60. The molecule has 0 atom stereocenters. The molecule has 3 aromatic rings. The summed E-state index contributed by atoms with van der Waals surface area (Å²) in [5.74, 6) is 0.302. The van der Waals surface area contributed by atoms with Gasteiger partial charge in [0, 0.05) is 12.1 Å². The number of nitrogens with two attached hydrogens (primary N) is 1. The Morgan fingerprint density at radius 3 is 2.35 bits per heavy atom. The second-order valence-corrected chi connectivity index (χ2v) is 4.29. The highest BCUT2D eigenvalue weighted by atomic mass is 19.1. The highest BCUT2D eigenvalue weighted by molar-refractivity contribution is 5.57. The number of nitrogens with zero attached hydrogens (tertiary/aromatic N) is 4. The van der Waals surface area contributed by atoms with Gasteiger partial charge in [0.15, 0.2) is 5.82 Å². The van der Waals surface area contributed by atoms with E-state index in [0.29, 0.717) is 18.1 Å². The van der Waals surface area contributed by atoms with Gasteiger partial charge in [0.1, 0.15) is 5.82 Å². The van der Waals surface area contributed by atoms with Crippen molar-refractivity contribution in [1.82, 2.24) is 20.2 Å². The summed E-state index contributed by atoms with van der Waals surface area (Å²) in [5, 5.41) is 11.6. The third-order valence-electron chi connectivity index (χ3n) is 2.99. The van der Waals surface area contributed by atoms with Crippen molar-refractivity contribution in [2.75, 3.05) is 0 Å². The van der Waals surface area contributed by atoms with Gasteiger partial charge >= 0.3 is 0 Å². The van der Waals surface area contributed by atoms with Gasteiger partial charge in [-0.15, -0.1) is 5.10 Å². The van der Waals surface area contributed by atoms with Gasteiger partial charge < -0.3 is 5.73 Å². The molecule has 100 valence electrons. The van der Waals surface area contributed by atoms with Crippen molar-refractivity contribution >= 4 is 0 Å². The molecule has 0 aliphatic rings. The largest absolute Gasteiger partial charge is 0.326 e. The Balaban J connectivity index is 2.02. The zero-order valence-electron chi connectivity index (χ0n) is 10.6. The fourth-order valence-electron chi connectivity index (χ4n) is 1.91. The van der Waals surface area contributed by atoms with Crippen LogP contribution in [-0.4, -0.2) is 20.2 Å². The number of benzene rings is 2. The molecule has 0 fully saturated rings. The van der Waals surface area contributed by atoms with E-state index < -0.39 is 0 Å². The molecule has 0 saturated heterocycles. The Morgan fingerprint density at radius 2 is 1.70 bits per heavy atom. The predicted octanol–water partition coefficient (Wildman–Crippen LogP) is 1.93. The maximum atomic E-state index is 13.0. The monoisotopic (exact) mass is 269 g/mol. The average molecular weight is 269 g/mol. The van der Waals surface area contributed by atoms with Crippen LogP contribution >= 0.6 is 0 Å². The van der Waals surface area contributed by atoms with E-state index in [9.17, 15) is 4.39 Å². The SMILES string of the molecule is NCc1ccc(-c2nnnn2-c2ccc(F)cc2)cc1. The van der Waals surface area contributed by atoms with Crippen molar-refractivity contribution in [3.8, 4) is 17.1 Å². The van der Waals surface area contributed by atoms with Crippen molar-refractivity contribution < 1.29 is 4.39 Å². The normalized spacial score (nSPS) is 10.7. The Kier molecular flexibility index (Phi) is 3.22. The van der Waals surface area contributed by atoms with Gasteiger partial charge in [-0.25, -0.2) is 4.39 Å². The molecule has 0 aliphatic carbocycles. The summed E-state index contributed by atoms with van der Waals surface area (Å²) in [5.41, 5.74) is 8.18. The second-order valence-electron chi connectivity index (χ2n) is 4.29. The van der Waals surface area contributed by atoms with E-state index in [-0.39, 0.29) is 5.82 Å². The van der Waals surface area contributed by atoms with Crippen LogP contribution in [-0.2, 0) is 6.54 Å². The minimum atomic E-state index is -0.296. The third kappa shape index (κ3) is 2.28. The summed E-state index contributed by atoms with van der Waals surface area (Å²) in [6, 6.07) is 13.7. The average Bonchev–Trinajstić information content (AvgIpc) is 2.97. The van der Waals surface area contributed by atoms with E-state index in [1.807, 2.05) is 24.3 Å². The lowest BCUT2D eigenvalue weighted by Gasteiger charge is -2.05. The van der Waals surface area contributed by atoms with Crippen molar-refractivity contribution in [2.45, 2.75) is 6.54 Å². The van der Waals surface area contributed by atoms with E-state index in [1.165, 1.54) is 12.1 Å². The Bertz CT molecular complexity index is 703. The molecule has 0 spiro atoms. The quantitative estimate of drug-likeness (QED) is 0.788. The number of tetrazole rings is 1. The smallest absolute Gasteiger partial charge is 0.187 e. The van der Waals surface area contributed by atoms with E-state index in [1.54, 1.807) is 16.8 Å². The number of halogens is 1. The summed E-state index contributed by atoms with van der Waals surface area (Å²) in [4.78, 5) is 0. The first-order valence-electron chi connectivity index (χ1n) is 6.11. The number of rotatable bonds is 3.